The van der Waals surface area contributed by atoms with Gasteiger partial charge in [-0.15, -0.1) is 0 Å². The molecule has 0 spiro atoms. The fraction of sp³-hybridized carbons (Fsp3) is 0.400. The SMILES string of the molecule is BCc1ccc(OC(CS(=O)(=O)O)C(F)(F)F)cc1. The van der Waals surface area contributed by atoms with E-state index in [2.05, 4.69) is 4.74 Å². The van der Waals surface area contributed by atoms with Crippen molar-refractivity contribution in [2.24, 2.45) is 0 Å². The minimum absolute atomic E-state index is 0.108. The summed E-state index contributed by atoms with van der Waals surface area (Å²) < 4.78 is 71.9. The van der Waals surface area contributed by atoms with Crippen LogP contribution in [0.15, 0.2) is 24.3 Å². The molecule has 1 atom stereocenters. The fourth-order valence-electron chi connectivity index (χ4n) is 1.35. The summed E-state index contributed by atoms with van der Waals surface area (Å²) in [6.07, 6.45) is -6.78. The summed E-state index contributed by atoms with van der Waals surface area (Å²) in [7, 11) is -2.90. The van der Waals surface area contributed by atoms with Crippen LogP contribution in [-0.4, -0.2) is 38.8 Å². The molecule has 1 aromatic carbocycles. The van der Waals surface area contributed by atoms with Crippen molar-refractivity contribution in [3.8, 4) is 5.75 Å². The molecule has 106 valence electrons. The van der Waals surface area contributed by atoms with Crippen LogP contribution in [0.25, 0.3) is 0 Å². The zero-order chi connectivity index (χ0) is 14.7. The van der Waals surface area contributed by atoms with Gasteiger partial charge < -0.3 is 4.74 Å². The lowest BCUT2D eigenvalue weighted by Gasteiger charge is -2.20. The number of hydrogen-bond donors (Lipinski definition) is 1. The monoisotopic (exact) mass is 296 g/mol. The maximum absolute atomic E-state index is 12.6. The standard InChI is InChI=1S/C10H12BF3O4S/c11-5-7-1-3-8(4-2-7)18-9(10(12,13)14)6-19(15,16)17/h1-4,9H,5-6,11H2,(H,15,16,17). The van der Waals surface area contributed by atoms with Gasteiger partial charge in [-0.2, -0.15) is 21.6 Å². The van der Waals surface area contributed by atoms with Gasteiger partial charge in [-0.3, -0.25) is 4.55 Å². The molecule has 0 aliphatic heterocycles. The molecule has 0 aliphatic rings. The molecule has 0 radical (unpaired) electrons. The Hall–Kier alpha value is -1.22. The molecule has 0 heterocycles. The minimum Gasteiger partial charge on any atom is -0.480 e. The second-order valence-corrected chi connectivity index (χ2v) is 5.39. The third kappa shape index (κ3) is 5.52. The second-order valence-electron chi connectivity index (χ2n) is 3.89. The van der Waals surface area contributed by atoms with Gasteiger partial charge in [0.2, 0.25) is 6.10 Å². The van der Waals surface area contributed by atoms with Crippen LogP contribution in [0.3, 0.4) is 0 Å². The van der Waals surface area contributed by atoms with Gasteiger partial charge in [-0.25, -0.2) is 0 Å². The van der Waals surface area contributed by atoms with E-state index in [1.807, 2.05) is 7.85 Å². The predicted molar refractivity (Wildman–Crippen MR) is 65.6 cm³/mol. The zero-order valence-electron chi connectivity index (χ0n) is 10.0. The van der Waals surface area contributed by atoms with E-state index in [0.717, 1.165) is 5.56 Å². The van der Waals surface area contributed by atoms with Crippen molar-refractivity contribution in [1.29, 1.82) is 0 Å². The Balaban J connectivity index is 2.88. The van der Waals surface area contributed by atoms with Crippen molar-refractivity contribution in [3.05, 3.63) is 29.8 Å². The quantitative estimate of drug-likeness (QED) is 0.651. The smallest absolute Gasteiger partial charge is 0.426 e. The highest BCUT2D eigenvalue weighted by Gasteiger charge is 2.44. The molecule has 1 unspecified atom stereocenters. The van der Waals surface area contributed by atoms with E-state index in [1.165, 1.54) is 12.1 Å². The average molecular weight is 296 g/mol. The molecule has 0 saturated carbocycles. The molecule has 0 fully saturated rings. The number of halogens is 3. The summed E-state index contributed by atoms with van der Waals surface area (Å²) in [5, 5.41) is 0. The summed E-state index contributed by atoms with van der Waals surface area (Å²) in [4.78, 5) is 0. The van der Waals surface area contributed by atoms with Gasteiger partial charge in [-0.1, -0.05) is 24.0 Å². The van der Waals surface area contributed by atoms with Gasteiger partial charge in [0.05, 0.1) is 0 Å². The van der Waals surface area contributed by atoms with Crippen LogP contribution in [0.2, 0.25) is 0 Å². The number of alkyl halides is 3. The Labute approximate surface area is 109 Å². The Morgan fingerprint density at radius 1 is 1.26 bits per heavy atom. The molecule has 1 N–H and O–H groups in total. The number of ether oxygens (including phenoxy) is 1. The molecule has 19 heavy (non-hydrogen) atoms. The lowest BCUT2D eigenvalue weighted by molar-refractivity contribution is -0.188. The van der Waals surface area contributed by atoms with E-state index in [9.17, 15) is 21.6 Å². The van der Waals surface area contributed by atoms with Crippen LogP contribution in [0, 0.1) is 0 Å². The molecule has 0 amide bonds. The fourth-order valence-corrected chi connectivity index (χ4v) is 1.99. The molecular formula is C10H12BF3O4S. The van der Waals surface area contributed by atoms with E-state index in [1.54, 1.807) is 12.1 Å². The van der Waals surface area contributed by atoms with E-state index < -0.39 is 28.2 Å². The molecule has 9 heteroatoms. The lowest BCUT2D eigenvalue weighted by Crippen LogP contribution is -2.40. The first-order chi connectivity index (χ1) is 8.62. The topological polar surface area (TPSA) is 63.6 Å². The number of rotatable bonds is 5. The molecule has 0 saturated heterocycles. The molecular weight excluding hydrogens is 284 g/mol. The third-order valence-electron chi connectivity index (χ3n) is 2.34. The molecule has 4 nitrogen and oxygen atoms in total. The van der Waals surface area contributed by atoms with Crippen molar-refractivity contribution >= 4 is 18.0 Å². The lowest BCUT2D eigenvalue weighted by atomic mass is 9.97. The molecule has 0 bridgehead atoms. The Kier molecular flexibility index (Phi) is 4.86. The summed E-state index contributed by atoms with van der Waals surface area (Å²) in [5.41, 5.74) is 0.908. The van der Waals surface area contributed by atoms with Crippen LogP contribution in [-0.2, 0) is 16.4 Å². The van der Waals surface area contributed by atoms with Crippen molar-refractivity contribution in [2.45, 2.75) is 18.6 Å². The van der Waals surface area contributed by atoms with Gasteiger partial charge in [0.15, 0.2) is 0 Å². The van der Waals surface area contributed by atoms with Gasteiger partial charge in [0.1, 0.15) is 19.3 Å². The van der Waals surface area contributed by atoms with E-state index >= 15 is 0 Å². The van der Waals surface area contributed by atoms with Crippen molar-refractivity contribution in [1.82, 2.24) is 0 Å². The van der Waals surface area contributed by atoms with Crippen LogP contribution >= 0.6 is 0 Å². The minimum atomic E-state index is -4.89. The summed E-state index contributed by atoms with van der Waals surface area (Å²) in [5.74, 6) is -1.64. The number of benzene rings is 1. The normalized spacial score (nSPS) is 14.1. The van der Waals surface area contributed by atoms with Gasteiger partial charge in [0.25, 0.3) is 10.1 Å². The first-order valence-corrected chi connectivity index (χ1v) is 7.00. The molecule has 1 rings (SSSR count). The predicted octanol–water partition coefficient (Wildman–Crippen LogP) is 1.02. The summed E-state index contributed by atoms with van der Waals surface area (Å²) in [6, 6.07) is 5.80. The number of hydrogen-bond acceptors (Lipinski definition) is 3. The average Bonchev–Trinajstić information content (AvgIpc) is 2.26. The molecule has 0 aromatic heterocycles. The van der Waals surface area contributed by atoms with Crippen LogP contribution in [0.1, 0.15) is 5.56 Å². The zero-order valence-corrected chi connectivity index (χ0v) is 10.8. The summed E-state index contributed by atoms with van der Waals surface area (Å²) in [6.45, 7) is 0. The van der Waals surface area contributed by atoms with E-state index in [0.29, 0.717) is 6.32 Å². The highest BCUT2D eigenvalue weighted by atomic mass is 32.2. The van der Waals surface area contributed by atoms with E-state index in [4.69, 9.17) is 4.55 Å². The van der Waals surface area contributed by atoms with Gasteiger partial charge in [0, 0.05) is 0 Å². The molecule has 1 aromatic rings. The van der Waals surface area contributed by atoms with Crippen molar-refractivity contribution < 1.29 is 30.9 Å². The summed E-state index contributed by atoms with van der Waals surface area (Å²) >= 11 is 0. The molecule has 0 aliphatic carbocycles. The largest absolute Gasteiger partial charge is 0.480 e. The highest BCUT2D eigenvalue weighted by Crippen LogP contribution is 2.26. The first-order valence-electron chi connectivity index (χ1n) is 5.39. The second kappa shape index (κ2) is 5.83. The highest BCUT2D eigenvalue weighted by molar-refractivity contribution is 7.85. The maximum atomic E-state index is 12.6. The van der Waals surface area contributed by atoms with E-state index in [-0.39, 0.29) is 5.75 Å². The van der Waals surface area contributed by atoms with Gasteiger partial charge >= 0.3 is 6.18 Å². The van der Waals surface area contributed by atoms with Crippen LogP contribution in [0.4, 0.5) is 13.2 Å². The Morgan fingerprint density at radius 3 is 2.16 bits per heavy atom. The van der Waals surface area contributed by atoms with Crippen molar-refractivity contribution in [2.75, 3.05) is 5.75 Å². The first kappa shape index (κ1) is 15.8. The van der Waals surface area contributed by atoms with Gasteiger partial charge in [-0.05, 0) is 12.1 Å². The van der Waals surface area contributed by atoms with Crippen molar-refractivity contribution in [3.63, 3.8) is 0 Å². The Bertz CT molecular complexity index is 513. The Morgan fingerprint density at radius 2 is 1.79 bits per heavy atom. The van der Waals surface area contributed by atoms with Crippen LogP contribution in [0.5, 0.6) is 5.75 Å². The van der Waals surface area contributed by atoms with Crippen LogP contribution < -0.4 is 4.74 Å². The maximum Gasteiger partial charge on any atom is 0.426 e. The third-order valence-corrected chi connectivity index (χ3v) is 3.06.